The minimum absolute atomic E-state index is 0.138. The Kier molecular flexibility index (Phi) is 31.5. The van der Waals surface area contributed by atoms with Crippen LogP contribution in [0.4, 0.5) is 0 Å². The molecule has 2 rings (SSSR count). The van der Waals surface area contributed by atoms with Crippen LogP contribution >= 0.6 is 0 Å². The summed E-state index contributed by atoms with van der Waals surface area (Å²) in [5, 5.41) is 0. The van der Waals surface area contributed by atoms with E-state index in [1.165, 1.54) is 96.3 Å². The highest BCUT2D eigenvalue weighted by Crippen LogP contribution is 2.29. The molecule has 55 heavy (non-hydrogen) atoms. The zero-order valence-corrected chi connectivity index (χ0v) is 36.0. The zero-order chi connectivity index (χ0) is 39.4. The summed E-state index contributed by atoms with van der Waals surface area (Å²) in [6.45, 7) is 6.96. The Morgan fingerprint density at radius 2 is 0.927 bits per heavy atom. The number of rotatable bonds is 35. The van der Waals surface area contributed by atoms with Crippen LogP contribution < -0.4 is 0 Å². The van der Waals surface area contributed by atoms with E-state index in [2.05, 4.69) is 62.3 Å². The lowest BCUT2D eigenvalue weighted by Crippen LogP contribution is -2.33. The topological polar surface area (TPSA) is 74.3 Å². The highest BCUT2D eigenvalue weighted by molar-refractivity contribution is 5.69. The predicted octanol–water partition coefficient (Wildman–Crippen LogP) is 12.8. The van der Waals surface area contributed by atoms with Crippen molar-refractivity contribution in [3.8, 4) is 0 Å². The van der Waals surface area contributed by atoms with Crippen LogP contribution in [0.3, 0.4) is 0 Å². The molecule has 0 N–H and O–H groups in total. The van der Waals surface area contributed by atoms with Crippen molar-refractivity contribution in [2.24, 2.45) is 5.92 Å². The molecule has 2 saturated heterocycles. The number of carbonyl (C=O) groups is 2. The lowest BCUT2D eigenvalue weighted by atomic mass is 9.94. The third-order valence-electron chi connectivity index (χ3n) is 11.2. The van der Waals surface area contributed by atoms with Crippen LogP contribution in [-0.2, 0) is 28.5 Å². The summed E-state index contributed by atoms with van der Waals surface area (Å²) in [6.07, 6.45) is 45.3. The van der Waals surface area contributed by atoms with Gasteiger partial charge in [-0.1, -0.05) is 134 Å². The summed E-state index contributed by atoms with van der Waals surface area (Å²) in [7, 11) is 2.17. The Morgan fingerprint density at radius 3 is 1.40 bits per heavy atom. The van der Waals surface area contributed by atoms with Crippen LogP contribution in [0.1, 0.15) is 200 Å². The standard InChI is InChI=1S/C48H85NO6/c1-4-6-8-10-12-14-16-18-20-22-24-26-28-30-32-34-46(50)52-41-44-45(55-48(54-44)40-43-36-38-49(3)39-37-43)42-53-47(51)35-33-31-29-27-25-23-21-19-17-15-13-11-9-7-5-2/h12,14,18-21,43-45,48H,4-11,13,15-17,22-42H2,1-3H3/b14-12-,20-18-,21-19-. The average Bonchev–Trinajstić information content (AvgIpc) is 3.58. The quantitative estimate of drug-likeness (QED) is 0.0361. The number of esters is 2. The fourth-order valence-corrected chi connectivity index (χ4v) is 7.49. The Morgan fingerprint density at radius 1 is 0.545 bits per heavy atom. The van der Waals surface area contributed by atoms with Gasteiger partial charge in [0, 0.05) is 19.3 Å². The SMILES string of the molecule is CCCCC/C=C\C/C=C\CCCCCCCC(=O)OCC1OC(CC2CCN(C)CC2)OC1COC(=O)CCCCCCC/C=C\CCCCCCCC. The molecule has 0 aromatic carbocycles. The molecule has 0 aromatic rings. The molecule has 0 radical (unpaired) electrons. The summed E-state index contributed by atoms with van der Waals surface area (Å²) >= 11 is 0. The monoisotopic (exact) mass is 772 g/mol. The van der Waals surface area contributed by atoms with Crippen molar-refractivity contribution in [1.82, 2.24) is 4.90 Å². The van der Waals surface area contributed by atoms with Gasteiger partial charge in [0.05, 0.1) is 0 Å². The molecule has 7 heteroatoms. The molecule has 3 atom stereocenters. The van der Waals surface area contributed by atoms with Gasteiger partial charge in [-0.2, -0.15) is 0 Å². The van der Waals surface area contributed by atoms with Gasteiger partial charge in [-0.3, -0.25) is 9.59 Å². The van der Waals surface area contributed by atoms with E-state index in [-0.39, 0.29) is 31.4 Å². The number of hydrogen-bond donors (Lipinski definition) is 0. The number of allylic oxidation sites excluding steroid dienone is 6. The number of nitrogens with zero attached hydrogens (tertiary/aromatic N) is 1. The molecule has 2 heterocycles. The van der Waals surface area contributed by atoms with E-state index in [1.807, 2.05) is 0 Å². The van der Waals surface area contributed by atoms with Crippen molar-refractivity contribution in [3.63, 3.8) is 0 Å². The molecule has 0 bridgehead atoms. The average molecular weight is 772 g/mol. The Labute approximate surface area is 338 Å². The molecule has 7 nitrogen and oxygen atoms in total. The van der Waals surface area contributed by atoms with Crippen molar-refractivity contribution >= 4 is 11.9 Å². The van der Waals surface area contributed by atoms with Gasteiger partial charge in [0.15, 0.2) is 6.29 Å². The van der Waals surface area contributed by atoms with E-state index in [0.29, 0.717) is 18.8 Å². The molecule has 2 aliphatic heterocycles. The number of piperidine rings is 1. The highest BCUT2D eigenvalue weighted by Gasteiger charge is 2.39. The van der Waals surface area contributed by atoms with Crippen molar-refractivity contribution in [2.45, 2.75) is 219 Å². The van der Waals surface area contributed by atoms with Crippen molar-refractivity contribution in [2.75, 3.05) is 33.4 Å². The fraction of sp³-hybridized carbons (Fsp3) is 0.833. The second-order valence-corrected chi connectivity index (χ2v) is 16.4. The van der Waals surface area contributed by atoms with Gasteiger partial charge in [0.25, 0.3) is 0 Å². The summed E-state index contributed by atoms with van der Waals surface area (Å²) in [5.74, 6) is 0.176. The first kappa shape index (κ1) is 49.2. The van der Waals surface area contributed by atoms with Gasteiger partial charge in [-0.25, -0.2) is 0 Å². The molecule has 2 fully saturated rings. The molecular weight excluding hydrogens is 687 g/mol. The Balaban J connectivity index is 1.57. The maximum absolute atomic E-state index is 12.6. The van der Waals surface area contributed by atoms with Gasteiger partial charge >= 0.3 is 11.9 Å². The van der Waals surface area contributed by atoms with Gasteiger partial charge in [0.2, 0.25) is 0 Å². The molecule has 0 aromatic heterocycles. The van der Waals surface area contributed by atoms with E-state index < -0.39 is 12.2 Å². The minimum atomic E-state index is -0.419. The molecular formula is C48H85NO6. The van der Waals surface area contributed by atoms with Gasteiger partial charge < -0.3 is 23.8 Å². The number of carbonyl (C=O) groups excluding carboxylic acids is 2. The minimum Gasteiger partial charge on any atom is -0.463 e. The molecule has 318 valence electrons. The second kappa shape index (κ2) is 35.2. The molecule has 0 saturated carbocycles. The largest absolute Gasteiger partial charge is 0.463 e. The van der Waals surface area contributed by atoms with E-state index in [0.717, 1.165) is 90.1 Å². The molecule has 3 unspecified atom stereocenters. The lowest BCUT2D eigenvalue weighted by Gasteiger charge is -2.30. The first-order valence-electron chi connectivity index (χ1n) is 23.3. The smallest absolute Gasteiger partial charge is 0.305 e. The highest BCUT2D eigenvalue weighted by atomic mass is 16.7. The van der Waals surface area contributed by atoms with Crippen molar-refractivity contribution in [3.05, 3.63) is 36.5 Å². The molecule has 0 spiro atoms. The van der Waals surface area contributed by atoms with Crippen LogP contribution in [0.15, 0.2) is 36.5 Å². The van der Waals surface area contributed by atoms with Crippen LogP contribution in [-0.4, -0.2) is 68.7 Å². The predicted molar refractivity (Wildman–Crippen MR) is 229 cm³/mol. The fourth-order valence-electron chi connectivity index (χ4n) is 7.49. The van der Waals surface area contributed by atoms with Crippen LogP contribution in [0, 0.1) is 5.92 Å². The summed E-state index contributed by atoms with van der Waals surface area (Å²) in [4.78, 5) is 27.6. The van der Waals surface area contributed by atoms with E-state index in [4.69, 9.17) is 18.9 Å². The van der Waals surface area contributed by atoms with Crippen LogP contribution in [0.5, 0.6) is 0 Å². The Hall–Kier alpha value is -1.96. The maximum Gasteiger partial charge on any atom is 0.305 e. The van der Waals surface area contributed by atoms with Crippen molar-refractivity contribution in [1.29, 1.82) is 0 Å². The summed E-state index contributed by atoms with van der Waals surface area (Å²) in [5.41, 5.74) is 0. The van der Waals surface area contributed by atoms with Gasteiger partial charge in [-0.05, 0) is 110 Å². The van der Waals surface area contributed by atoms with E-state index in [1.54, 1.807) is 0 Å². The molecule has 0 amide bonds. The molecule has 0 aliphatic carbocycles. The van der Waals surface area contributed by atoms with Gasteiger partial charge in [0.1, 0.15) is 25.4 Å². The van der Waals surface area contributed by atoms with Crippen LogP contribution in [0.2, 0.25) is 0 Å². The van der Waals surface area contributed by atoms with Crippen molar-refractivity contribution < 1.29 is 28.5 Å². The third-order valence-corrected chi connectivity index (χ3v) is 11.2. The zero-order valence-electron chi connectivity index (χ0n) is 36.0. The number of hydrogen-bond acceptors (Lipinski definition) is 7. The Bertz CT molecular complexity index is 1000. The lowest BCUT2D eigenvalue weighted by molar-refractivity contribution is -0.151. The maximum atomic E-state index is 12.6. The first-order chi connectivity index (χ1) is 27.0. The second-order valence-electron chi connectivity index (χ2n) is 16.4. The third kappa shape index (κ3) is 28.1. The number of ether oxygens (including phenoxy) is 4. The van der Waals surface area contributed by atoms with E-state index >= 15 is 0 Å². The van der Waals surface area contributed by atoms with Crippen LogP contribution in [0.25, 0.3) is 0 Å². The summed E-state index contributed by atoms with van der Waals surface area (Å²) < 4.78 is 24.0. The normalized spacial score (nSPS) is 19.7. The number of unbranched alkanes of at least 4 members (excludes halogenated alkanes) is 19. The molecule has 2 aliphatic rings. The first-order valence-corrected chi connectivity index (χ1v) is 23.3. The number of likely N-dealkylation sites (tertiary alicyclic amines) is 1. The summed E-state index contributed by atoms with van der Waals surface area (Å²) in [6, 6.07) is 0. The van der Waals surface area contributed by atoms with Gasteiger partial charge in [-0.15, -0.1) is 0 Å². The van der Waals surface area contributed by atoms with E-state index in [9.17, 15) is 9.59 Å².